The third-order valence-electron chi connectivity index (χ3n) is 7.60. The Labute approximate surface area is 213 Å². The largest absolute Gasteiger partial charge is 0.490 e. The number of hydrogen-bond donors (Lipinski definition) is 1. The molecule has 190 valence electrons. The van der Waals surface area contributed by atoms with E-state index in [1.54, 1.807) is 0 Å². The molecule has 3 aliphatic rings. The number of carbonyl (C=O) groups is 2. The van der Waals surface area contributed by atoms with Gasteiger partial charge in [0, 0.05) is 18.7 Å². The van der Waals surface area contributed by atoms with Crippen molar-refractivity contribution in [3.05, 3.63) is 70.3 Å². The quantitative estimate of drug-likeness (QED) is 0.510. The molecule has 1 aliphatic carbocycles. The number of ether oxygens (including phenoxy) is 2. The Balaban J connectivity index is 1.51. The second-order valence-electron chi connectivity index (χ2n) is 9.77. The number of hydrogen-bond acceptors (Lipinski definition) is 4. The van der Waals surface area contributed by atoms with E-state index in [1.807, 2.05) is 55.1 Å². The Morgan fingerprint density at radius 3 is 2.56 bits per heavy atom. The summed E-state index contributed by atoms with van der Waals surface area (Å²) in [7, 11) is 0. The summed E-state index contributed by atoms with van der Waals surface area (Å²) < 4.78 is 11.8. The summed E-state index contributed by atoms with van der Waals surface area (Å²) in [6.07, 6.45) is 8.69. The van der Waals surface area contributed by atoms with Crippen molar-refractivity contribution in [2.24, 2.45) is 0 Å². The molecule has 2 aliphatic heterocycles. The summed E-state index contributed by atoms with van der Waals surface area (Å²) in [6, 6.07) is 11.2. The molecule has 1 N–H and O–H groups in total. The lowest BCUT2D eigenvalue weighted by atomic mass is 9.75. The van der Waals surface area contributed by atoms with Gasteiger partial charge in [0.1, 0.15) is 0 Å². The van der Waals surface area contributed by atoms with Gasteiger partial charge in [0.15, 0.2) is 11.5 Å². The molecule has 0 radical (unpaired) electrons. The first kappa shape index (κ1) is 24.4. The normalized spacial score (nSPS) is 20.6. The molecule has 2 aromatic carbocycles. The Morgan fingerprint density at radius 1 is 1.03 bits per heavy atom. The van der Waals surface area contributed by atoms with Crippen LogP contribution in [-0.2, 0) is 11.2 Å². The van der Waals surface area contributed by atoms with Crippen LogP contribution in [0.1, 0.15) is 85.0 Å². The van der Waals surface area contributed by atoms with Crippen molar-refractivity contribution in [1.29, 1.82) is 0 Å². The number of allylic oxidation sites excluding steroid dienone is 1. The summed E-state index contributed by atoms with van der Waals surface area (Å²) in [5.74, 6) is 0.863. The van der Waals surface area contributed by atoms with E-state index in [0.717, 1.165) is 41.7 Å². The average Bonchev–Trinajstić information content (AvgIpc) is 2.90. The first-order valence-electron chi connectivity index (χ1n) is 13.4. The van der Waals surface area contributed by atoms with Crippen LogP contribution < -0.4 is 14.8 Å². The van der Waals surface area contributed by atoms with Gasteiger partial charge in [-0.1, -0.05) is 29.8 Å². The minimum absolute atomic E-state index is 0.00972. The Bertz CT molecular complexity index is 1170. The summed E-state index contributed by atoms with van der Waals surface area (Å²) in [4.78, 5) is 29.3. The van der Waals surface area contributed by atoms with Crippen molar-refractivity contribution in [2.75, 3.05) is 26.3 Å². The standard InChI is InChI=1S/C30H36N2O4/c1-3-35-25-18-21-15-17-32-28(24(21)19-26(25)36-4-2)27(22-12-8-9-13-23(22)30(32)34)29(33)31-16-14-20-10-6-5-7-11-20/h8-10,12-13,18-19,27-28H,3-7,11,14-17H2,1-2H3,(H,31,33)/t27-,28-/m1/s1. The number of fused-ring (bicyclic) bond motifs is 4. The maximum Gasteiger partial charge on any atom is 0.254 e. The molecule has 2 heterocycles. The number of nitrogens with zero attached hydrogens (tertiary/aromatic N) is 1. The Hall–Kier alpha value is -3.28. The van der Waals surface area contributed by atoms with Crippen LogP contribution in [0, 0.1) is 0 Å². The highest BCUT2D eigenvalue weighted by Gasteiger charge is 2.46. The van der Waals surface area contributed by atoms with Crippen LogP contribution in [0.25, 0.3) is 0 Å². The fourth-order valence-corrected chi connectivity index (χ4v) is 5.94. The van der Waals surface area contributed by atoms with Gasteiger partial charge in [-0.15, -0.1) is 0 Å². The van der Waals surface area contributed by atoms with Gasteiger partial charge in [-0.25, -0.2) is 0 Å². The molecule has 0 saturated carbocycles. The van der Waals surface area contributed by atoms with Gasteiger partial charge < -0.3 is 19.7 Å². The van der Waals surface area contributed by atoms with Crippen molar-refractivity contribution >= 4 is 11.8 Å². The van der Waals surface area contributed by atoms with Crippen molar-refractivity contribution in [3.63, 3.8) is 0 Å². The minimum atomic E-state index is -0.481. The van der Waals surface area contributed by atoms with Crippen LogP contribution in [0.5, 0.6) is 11.5 Å². The Morgan fingerprint density at radius 2 is 1.81 bits per heavy atom. The predicted molar refractivity (Wildman–Crippen MR) is 140 cm³/mol. The fraction of sp³-hybridized carbons (Fsp3) is 0.467. The minimum Gasteiger partial charge on any atom is -0.490 e. The smallest absolute Gasteiger partial charge is 0.254 e. The molecular formula is C30H36N2O4. The fourth-order valence-electron chi connectivity index (χ4n) is 5.94. The highest BCUT2D eigenvalue weighted by Crippen LogP contribution is 2.48. The van der Waals surface area contributed by atoms with E-state index < -0.39 is 5.92 Å². The molecule has 2 aromatic rings. The second-order valence-corrected chi connectivity index (χ2v) is 9.77. The van der Waals surface area contributed by atoms with Gasteiger partial charge in [0.25, 0.3) is 5.91 Å². The summed E-state index contributed by atoms with van der Waals surface area (Å²) in [5, 5.41) is 3.22. The van der Waals surface area contributed by atoms with Gasteiger partial charge in [-0.3, -0.25) is 9.59 Å². The first-order valence-corrected chi connectivity index (χ1v) is 13.4. The molecule has 0 unspecified atom stereocenters. The lowest BCUT2D eigenvalue weighted by Gasteiger charge is -2.45. The molecule has 6 nitrogen and oxygen atoms in total. The van der Waals surface area contributed by atoms with E-state index in [1.165, 1.54) is 18.4 Å². The third-order valence-corrected chi connectivity index (χ3v) is 7.60. The van der Waals surface area contributed by atoms with Crippen LogP contribution in [0.2, 0.25) is 0 Å². The zero-order valence-corrected chi connectivity index (χ0v) is 21.3. The second kappa shape index (κ2) is 10.8. The third kappa shape index (κ3) is 4.61. The number of carbonyl (C=O) groups excluding carboxylic acids is 2. The molecule has 0 saturated heterocycles. The number of benzene rings is 2. The van der Waals surface area contributed by atoms with E-state index in [-0.39, 0.29) is 17.9 Å². The molecule has 0 aromatic heterocycles. The lowest BCUT2D eigenvalue weighted by Crippen LogP contribution is -2.50. The van der Waals surface area contributed by atoms with Crippen LogP contribution in [0.3, 0.4) is 0 Å². The van der Waals surface area contributed by atoms with E-state index >= 15 is 0 Å². The molecule has 36 heavy (non-hydrogen) atoms. The molecule has 0 bridgehead atoms. The van der Waals surface area contributed by atoms with Crippen LogP contribution in [0.15, 0.2) is 48.0 Å². The molecule has 5 rings (SSSR count). The number of amides is 2. The van der Waals surface area contributed by atoms with Gasteiger partial charge >= 0.3 is 0 Å². The average molecular weight is 489 g/mol. The first-order chi connectivity index (χ1) is 17.6. The molecule has 2 amide bonds. The predicted octanol–water partition coefficient (Wildman–Crippen LogP) is 5.33. The van der Waals surface area contributed by atoms with E-state index in [2.05, 4.69) is 11.4 Å². The number of nitrogens with one attached hydrogen (secondary N) is 1. The summed E-state index contributed by atoms with van der Waals surface area (Å²) in [6.45, 7) is 6.14. The van der Waals surface area contributed by atoms with Gasteiger partial charge in [-0.05, 0) is 87.3 Å². The van der Waals surface area contributed by atoms with Gasteiger partial charge in [-0.2, -0.15) is 0 Å². The zero-order valence-electron chi connectivity index (χ0n) is 21.3. The lowest BCUT2D eigenvalue weighted by molar-refractivity contribution is -0.124. The maximum atomic E-state index is 13.8. The van der Waals surface area contributed by atoms with Crippen molar-refractivity contribution in [1.82, 2.24) is 10.2 Å². The zero-order chi connectivity index (χ0) is 25.1. The summed E-state index contributed by atoms with van der Waals surface area (Å²) in [5.41, 5.74) is 4.96. The highest BCUT2D eigenvalue weighted by atomic mass is 16.5. The van der Waals surface area contributed by atoms with Crippen molar-refractivity contribution in [2.45, 2.75) is 64.3 Å². The van der Waals surface area contributed by atoms with Crippen LogP contribution in [-0.4, -0.2) is 43.0 Å². The molecular weight excluding hydrogens is 452 g/mol. The SMILES string of the molecule is CCOc1cc2c(cc1OCC)[C@@H]1[C@H](C(=O)NCCC3=CCCCC3)c3ccccc3C(=O)N1CC2. The van der Waals surface area contributed by atoms with Gasteiger partial charge in [0.05, 0.1) is 25.2 Å². The van der Waals surface area contributed by atoms with E-state index in [0.29, 0.717) is 44.0 Å². The van der Waals surface area contributed by atoms with Crippen LogP contribution in [0.4, 0.5) is 0 Å². The van der Waals surface area contributed by atoms with Gasteiger partial charge in [0.2, 0.25) is 5.91 Å². The highest BCUT2D eigenvalue weighted by molar-refractivity contribution is 6.01. The Kier molecular flexibility index (Phi) is 7.30. The van der Waals surface area contributed by atoms with Crippen LogP contribution >= 0.6 is 0 Å². The molecule has 0 fully saturated rings. The van der Waals surface area contributed by atoms with Crippen molar-refractivity contribution in [3.8, 4) is 11.5 Å². The van der Waals surface area contributed by atoms with Crippen molar-refractivity contribution < 1.29 is 19.1 Å². The van der Waals surface area contributed by atoms with E-state index in [4.69, 9.17) is 9.47 Å². The molecule has 0 spiro atoms. The topological polar surface area (TPSA) is 67.9 Å². The molecule has 6 heteroatoms. The van der Waals surface area contributed by atoms with E-state index in [9.17, 15) is 9.59 Å². The summed E-state index contributed by atoms with van der Waals surface area (Å²) >= 11 is 0. The molecule has 2 atom stereocenters. The maximum absolute atomic E-state index is 13.8. The number of rotatable bonds is 8. The monoisotopic (exact) mass is 488 g/mol.